The molecule has 2 aromatic rings. The van der Waals surface area contributed by atoms with Crippen molar-refractivity contribution in [3.8, 4) is 5.75 Å². The molecule has 128 valence electrons. The summed E-state index contributed by atoms with van der Waals surface area (Å²) in [6.07, 6.45) is 0. The average molecular weight is 371 g/mol. The highest BCUT2D eigenvalue weighted by Gasteiger charge is 2.12. The maximum Gasteiger partial charge on any atom is 0.238 e. The molecule has 4 nitrogen and oxygen atoms in total. The van der Waals surface area contributed by atoms with E-state index in [9.17, 15) is 9.18 Å². The highest BCUT2D eigenvalue weighted by Crippen LogP contribution is 2.25. The Bertz CT molecular complexity index is 741. The highest BCUT2D eigenvalue weighted by atomic mass is 35.5. The van der Waals surface area contributed by atoms with Crippen LogP contribution in [0.2, 0.25) is 10.0 Å². The Balaban J connectivity index is 1.96. The molecule has 0 spiro atoms. The Morgan fingerprint density at radius 1 is 1.21 bits per heavy atom. The number of nitrogens with zero attached hydrogens (tertiary/aromatic N) is 1. The SMILES string of the molecule is COc1ccc(F)cc1CN(C)CC(=O)Nc1ccc(Cl)c(Cl)c1. The summed E-state index contributed by atoms with van der Waals surface area (Å²) < 4.78 is 18.6. The Labute approximate surface area is 150 Å². The maximum absolute atomic E-state index is 13.4. The van der Waals surface area contributed by atoms with Crippen LogP contribution in [0.4, 0.5) is 10.1 Å². The molecule has 0 saturated carbocycles. The van der Waals surface area contributed by atoms with Gasteiger partial charge in [0.25, 0.3) is 0 Å². The first-order valence-corrected chi connectivity index (χ1v) is 7.90. The monoisotopic (exact) mass is 370 g/mol. The van der Waals surface area contributed by atoms with Crippen LogP contribution in [0.3, 0.4) is 0 Å². The summed E-state index contributed by atoms with van der Waals surface area (Å²) in [6.45, 7) is 0.496. The molecule has 0 saturated heterocycles. The molecule has 7 heteroatoms. The van der Waals surface area contributed by atoms with E-state index in [4.69, 9.17) is 27.9 Å². The van der Waals surface area contributed by atoms with Crippen molar-refractivity contribution in [2.45, 2.75) is 6.54 Å². The first-order valence-electron chi connectivity index (χ1n) is 7.15. The molecule has 24 heavy (non-hydrogen) atoms. The van der Waals surface area contributed by atoms with Gasteiger partial charge in [-0.15, -0.1) is 0 Å². The summed E-state index contributed by atoms with van der Waals surface area (Å²) in [5.74, 6) is 0.0128. The smallest absolute Gasteiger partial charge is 0.238 e. The molecule has 2 rings (SSSR count). The van der Waals surface area contributed by atoms with E-state index in [0.29, 0.717) is 33.6 Å². The van der Waals surface area contributed by atoms with Crippen molar-refractivity contribution in [2.24, 2.45) is 0 Å². The van der Waals surface area contributed by atoms with Gasteiger partial charge in [-0.25, -0.2) is 4.39 Å². The van der Waals surface area contributed by atoms with Crippen molar-refractivity contribution in [1.82, 2.24) is 4.90 Å². The van der Waals surface area contributed by atoms with Crippen LogP contribution in [-0.4, -0.2) is 31.5 Å². The standard InChI is InChI=1S/C17H17Cl2FN2O2/c1-22(9-11-7-12(20)3-6-16(11)24-2)10-17(23)21-13-4-5-14(18)15(19)8-13/h3-8H,9-10H2,1-2H3,(H,21,23). The number of ether oxygens (including phenoxy) is 1. The third-order valence-corrected chi connectivity index (χ3v) is 4.04. The van der Waals surface area contributed by atoms with Crippen LogP contribution in [-0.2, 0) is 11.3 Å². The van der Waals surface area contributed by atoms with Crippen LogP contribution in [0.5, 0.6) is 5.75 Å². The topological polar surface area (TPSA) is 41.6 Å². The van der Waals surface area contributed by atoms with Crippen LogP contribution in [0.25, 0.3) is 0 Å². The zero-order chi connectivity index (χ0) is 17.7. The summed E-state index contributed by atoms with van der Waals surface area (Å²) in [5, 5.41) is 3.53. The Morgan fingerprint density at radius 3 is 2.62 bits per heavy atom. The van der Waals surface area contributed by atoms with Gasteiger partial charge in [0.2, 0.25) is 5.91 Å². The predicted molar refractivity (Wildman–Crippen MR) is 94.4 cm³/mol. The van der Waals surface area contributed by atoms with E-state index < -0.39 is 0 Å². The third-order valence-electron chi connectivity index (χ3n) is 3.30. The van der Waals surface area contributed by atoms with E-state index in [1.165, 1.54) is 19.2 Å². The van der Waals surface area contributed by atoms with E-state index in [2.05, 4.69) is 5.32 Å². The van der Waals surface area contributed by atoms with Gasteiger partial charge in [0.05, 0.1) is 23.7 Å². The van der Waals surface area contributed by atoms with Gasteiger partial charge in [-0.3, -0.25) is 9.69 Å². The minimum atomic E-state index is -0.348. The van der Waals surface area contributed by atoms with Crippen molar-refractivity contribution in [1.29, 1.82) is 0 Å². The second-order valence-corrected chi connectivity index (χ2v) is 6.12. The lowest BCUT2D eigenvalue weighted by atomic mass is 10.2. The number of methoxy groups -OCH3 is 1. The van der Waals surface area contributed by atoms with Gasteiger partial charge in [-0.05, 0) is 43.4 Å². The molecule has 0 aliphatic carbocycles. The second kappa shape index (κ2) is 8.33. The normalized spacial score (nSPS) is 10.8. The van der Waals surface area contributed by atoms with Crippen LogP contribution in [0.1, 0.15) is 5.56 Å². The number of halogens is 3. The number of rotatable bonds is 6. The van der Waals surface area contributed by atoms with E-state index in [0.717, 1.165) is 0 Å². The summed E-state index contributed by atoms with van der Waals surface area (Å²) in [6, 6.07) is 9.15. The fourth-order valence-corrected chi connectivity index (χ4v) is 2.54. The van der Waals surface area contributed by atoms with Gasteiger partial charge in [-0.1, -0.05) is 23.2 Å². The van der Waals surface area contributed by atoms with E-state index >= 15 is 0 Å². The van der Waals surface area contributed by atoms with Crippen molar-refractivity contribution in [3.05, 3.63) is 57.8 Å². The van der Waals surface area contributed by atoms with Crippen molar-refractivity contribution in [2.75, 3.05) is 26.0 Å². The van der Waals surface area contributed by atoms with Gasteiger partial charge in [0, 0.05) is 17.8 Å². The fraction of sp³-hybridized carbons (Fsp3) is 0.235. The number of carbonyl (C=O) groups excluding carboxylic acids is 1. The predicted octanol–water partition coefficient (Wildman–Crippen LogP) is 4.21. The van der Waals surface area contributed by atoms with E-state index in [1.807, 2.05) is 0 Å². The molecule has 0 fully saturated rings. The number of carbonyl (C=O) groups is 1. The molecule has 0 heterocycles. The first kappa shape index (κ1) is 18.5. The highest BCUT2D eigenvalue weighted by molar-refractivity contribution is 6.42. The molecule has 0 aliphatic heterocycles. The molecular weight excluding hydrogens is 354 g/mol. The number of nitrogens with one attached hydrogen (secondary N) is 1. The van der Waals surface area contributed by atoms with Crippen molar-refractivity contribution in [3.63, 3.8) is 0 Å². The Hall–Kier alpha value is -1.82. The molecule has 1 N–H and O–H groups in total. The summed E-state index contributed by atoms with van der Waals surface area (Å²) in [4.78, 5) is 13.9. The number of amides is 1. The van der Waals surface area contributed by atoms with Crippen LogP contribution in [0, 0.1) is 5.82 Å². The first-order chi connectivity index (χ1) is 11.4. The summed E-state index contributed by atoms with van der Waals surface area (Å²) in [5.41, 5.74) is 1.23. The summed E-state index contributed by atoms with van der Waals surface area (Å²) in [7, 11) is 3.28. The number of benzene rings is 2. The van der Waals surface area contributed by atoms with E-state index in [1.54, 1.807) is 36.2 Å². The molecule has 1 amide bonds. The van der Waals surface area contributed by atoms with E-state index in [-0.39, 0.29) is 18.3 Å². The lowest BCUT2D eigenvalue weighted by Crippen LogP contribution is -2.30. The number of hydrogen-bond acceptors (Lipinski definition) is 3. The zero-order valence-corrected chi connectivity index (χ0v) is 14.8. The molecule has 0 unspecified atom stereocenters. The molecular formula is C17H17Cl2FN2O2. The van der Waals surface area contributed by atoms with Crippen LogP contribution < -0.4 is 10.1 Å². The third kappa shape index (κ3) is 5.09. The lowest BCUT2D eigenvalue weighted by Gasteiger charge is -2.18. The largest absolute Gasteiger partial charge is 0.496 e. The quantitative estimate of drug-likeness (QED) is 0.827. The van der Waals surface area contributed by atoms with Crippen molar-refractivity contribution >= 4 is 34.8 Å². The molecule has 2 aromatic carbocycles. The van der Waals surface area contributed by atoms with Gasteiger partial charge >= 0.3 is 0 Å². The van der Waals surface area contributed by atoms with Crippen molar-refractivity contribution < 1.29 is 13.9 Å². The molecule has 0 aromatic heterocycles. The fourth-order valence-electron chi connectivity index (χ4n) is 2.24. The number of anilines is 1. The Morgan fingerprint density at radius 2 is 1.96 bits per heavy atom. The molecule has 0 aliphatic rings. The minimum Gasteiger partial charge on any atom is -0.496 e. The van der Waals surface area contributed by atoms with Gasteiger partial charge in [0.15, 0.2) is 0 Å². The molecule has 0 radical (unpaired) electrons. The Kier molecular flexibility index (Phi) is 6.43. The zero-order valence-electron chi connectivity index (χ0n) is 13.3. The number of hydrogen-bond donors (Lipinski definition) is 1. The van der Waals surface area contributed by atoms with Gasteiger partial charge in [0.1, 0.15) is 11.6 Å². The maximum atomic E-state index is 13.4. The minimum absolute atomic E-state index is 0.125. The van der Waals surface area contributed by atoms with Crippen LogP contribution in [0.15, 0.2) is 36.4 Å². The van der Waals surface area contributed by atoms with Gasteiger partial charge < -0.3 is 10.1 Å². The van der Waals surface area contributed by atoms with Gasteiger partial charge in [-0.2, -0.15) is 0 Å². The van der Waals surface area contributed by atoms with Crippen LogP contribution >= 0.6 is 23.2 Å². The lowest BCUT2D eigenvalue weighted by molar-refractivity contribution is -0.117. The second-order valence-electron chi connectivity index (χ2n) is 5.31. The molecule has 0 bridgehead atoms. The summed E-state index contributed by atoms with van der Waals surface area (Å²) >= 11 is 11.8. The number of likely N-dealkylation sites (N-methyl/N-ethyl adjacent to an activating group) is 1. The average Bonchev–Trinajstić information content (AvgIpc) is 2.51. The molecule has 0 atom stereocenters.